The van der Waals surface area contributed by atoms with Crippen LogP contribution in [0.15, 0.2) is 36.7 Å². The average Bonchev–Trinajstić information content (AvgIpc) is 3.06. The van der Waals surface area contributed by atoms with Gasteiger partial charge in [0.25, 0.3) is 0 Å². The summed E-state index contributed by atoms with van der Waals surface area (Å²) in [4.78, 5) is 17.5. The van der Waals surface area contributed by atoms with Crippen molar-refractivity contribution in [3.05, 3.63) is 64.4 Å². The van der Waals surface area contributed by atoms with E-state index in [-0.39, 0.29) is 34.8 Å². The highest BCUT2D eigenvalue weighted by atomic mass is 35.5. The van der Waals surface area contributed by atoms with Crippen molar-refractivity contribution < 1.29 is 22.0 Å². The van der Waals surface area contributed by atoms with Crippen LogP contribution in [-0.4, -0.2) is 66.6 Å². The van der Waals surface area contributed by atoms with Crippen LogP contribution in [0.2, 0.25) is 5.02 Å². The molecule has 2 aromatic rings. The standard InChI is InChI=1S/C29H38ClF2N5O3S/c30-24-10-8-19(13-25(24)32)27(20-12-21(31)15-34-14-20)28(33)29(38)36-26-6-2-1-4-18(26)7-9-23-16-35-22-5-3-11-41(39,40)37(23)17-22/h8,10,12-15,18,22-23,26-28,35H,1-7,9,11,16-17,33H2,(H,36,38)/t18-,22-,23+,26+,27?,28?/m1/s1. The molecule has 3 heterocycles. The molecule has 1 aliphatic carbocycles. The predicted molar refractivity (Wildman–Crippen MR) is 154 cm³/mol. The lowest BCUT2D eigenvalue weighted by atomic mass is 9.80. The first-order valence-corrected chi connectivity index (χ1v) is 16.5. The van der Waals surface area contributed by atoms with E-state index in [0.29, 0.717) is 37.1 Å². The van der Waals surface area contributed by atoms with Gasteiger partial charge in [-0.1, -0.05) is 30.5 Å². The van der Waals surface area contributed by atoms with E-state index in [0.717, 1.165) is 44.7 Å². The number of hydrogen-bond acceptors (Lipinski definition) is 6. The maximum Gasteiger partial charge on any atom is 0.238 e. The Labute approximate surface area is 245 Å². The monoisotopic (exact) mass is 609 g/mol. The Morgan fingerprint density at radius 3 is 2.71 bits per heavy atom. The van der Waals surface area contributed by atoms with Crippen LogP contribution in [0.4, 0.5) is 8.78 Å². The van der Waals surface area contributed by atoms with Crippen LogP contribution >= 0.6 is 11.6 Å². The van der Waals surface area contributed by atoms with Crippen molar-refractivity contribution in [3.8, 4) is 0 Å². The molecule has 12 heteroatoms. The van der Waals surface area contributed by atoms with Gasteiger partial charge >= 0.3 is 0 Å². The van der Waals surface area contributed by atoms with E-state index in [4.69, 9.17) is 17.3 Å². The molecular formula is C29H38ClF2N5O3S. The largest absolute Gasteiger partial charge is 0.352 e. The summed E-state index contributed by atoms with van der Waals surface area (Å²) in [5.41, 5.74) is 7.27. The van der Waals surface area contributed by atoms with Crippen molar-refractivity contribution in [1.82, 2.24) is 19.9 Å². The van der Waals surface area contributed by atoms with Gasteiger partial charge < -0.3 is 16.4 Å². The molecule has 0 spiro atoms. The van der Waals surface area contributed by atoms with Gasteiger partial charge in [-0.3, -0.25) is 9.78 Å². The SMILES string of the molecule is NC(C(=O)N[C@H]1CCCC[C@@H]1CC[C@H]1CN[C@@H]2CCCS(=O)(=O)N1C2)C(c1cncc(F)c1)c1ccc(Cl)c(F)c1. The number of nitrogens with two attached hydrogens (primary N) is 1. The number of piperazine rings is 1. The fourth-order valence-electron chi connectivity index (χ4n) is 6.74. The molecule has 1 amide bonds. The molecule has 2 bridgehead atoms. The average molecular weight is 610 g/mol. The fraction of sp³-hybridized carbons (Fsp3) is 0.586. The summed E-state index contributed by atoms with van der Waals surface area (Å²) < 4.78 is 56.0. The van der Waals surface area contributed by atoms with E-state index in [1.54, 1.807) is 10.4 Å². The van der Waals surface area contributed by atoms with E-state index >= 15 is 0 Å². The topological polar surface area (TPSA) is 117 Å². The molecule has 2 aliphatic heterocycles. The van der Waals surface area contributed by atoms with E-state index < -0.39 is 39.5 Å². The minimum atomic E-state index is -3.27. The summed E-state index contributed by atoms with van der Waals surface area (Å²) in [5.74, 6) is -2.13. The van der Waals surface area contributed by atoms with Crippen molar-refractivity contribution in [2.45, 2.75) is 81.5 Å². The lowest BCUT2D eigenvalue weighted by Gasteiger charge is -2.39. The number of fused-ring (bicyclic) bond motifs is 2. The van der Waals surface area contributed by atoms with Gasteiger partial charge in [-0.2, -0.15) is 4.31 Å². The summed E-state index contributed by atoms with van der Waals surface area (Å²) in [7, 11) is -3.27. The zero-order chi connectivity index (χ0) is 29.1. The third-order valence-corrected chi connectivity index (χ3v) is 11.2. The highest BCUT2D eigenvalue weighted by Gasteiger charge is 2.39. The summed E-state index contributed by atoms with van der Waals surface area (Å²) >= 11 is 5.88. The minimum Gasteiger partial charge on any atom is -0.352 e. The number of sulfonamides is 1. The Morgan fingerprint density at radius 2 is 1.93 bits per heavy atom. The maximum atomic E-state index is 14.4. The third kappa shape index (κ3) is 7.07. The normalized spacial score (nSPS) is 29.2. The minimum absolute atomic E-state index is 0.0652. The molecule has 8 nitrogen and oxygen atoms in total. The molecule has 41 heavy (non-hydrogen) atoms. The first-order valence-electron chi connectivity index (χ1n) is 14.5. The van der Waals surface area contributed by atoms with E-state index in [1.807, 2.05) is 0 Å². The number of halogens is 3. The lowest BCUT2D eigenvalue weighted by Crippen LogP contribution is -2.57. The number of nitrogens with one attached hydrogen (secondary N) is 2. The first-order chi connectivity index (χ1) is 19.6. The number of rotatable bonds is 8. The molecule has 5 rings (SSSR count). The van der Waals surface area contributed by atoms with Crippen molar-refractivity contribution >= 4 is 27.5 Å². The Bertz CT molecular complexity index is 1350. The molecule has 2 saturated heterocycles. The van der Waals surface area contributed by atoms with E-state index in [2.05, 4.69) is 15.6 Å². The Balaban J connectivity index is 1.29. The molecule has 0 radical (unpaired) electrons. The molecule has 3 aliphatic rings. The van der Waals surface area contributed by atoms with Crippen LogP contribution in [0.1, 0.15) is 68.4 Å². The number of carbonyl (C=O) groups excluding carboxylic acids is 1. The summed E-state index contributed by atoms with van der Waals surface area (Å²) in [6.07, 6.45) is 9.24. The third-order valence-electron chi connectivity index (χ3n) is 8.92. The van der Waals surface area contributed by atoms with E-state index in [1.165, 1.54) is 24.4 Å². The van der Waals surface area contributed by atoms with Gasteiger partial charge in [0.15, 0.2) is 0 Å². The van der Waals surface area contributed by atoms with Crippen LogP contribution in [0.25, 0.3) is 0 Å². The Morgan fingerprint density at radius 1 is 1.12 bits per heavy atom. The van der Waals surface area contributed by atoms with Gasteiger partial charge in [-0.05, 0) is 73.8 Å². The zero-order valence-electron chi connectivity index (χ0n) is 22.9. The molecule has 3 unspecified atom stereocenters. The summed E-state index contributed by atoms with van der Waals surface area (Å²) in [5, 5.41) is 6.60. The molecule has 1 aromatic carbocycles. The van der Waals surface area contributed by atoms with Gasteiger partial charge in [0.1, 0.15) is 11.6 Å². The number of pyridine rings is 1. The van der Waals surface area contributed by atoms with Crippen LogP contribution in [0.3, 0.4) is 0 Å². The van der Waals surface area contributed by atoms with Gasteiger partial charge in [-0.15, -0.1) is 0 Å². The lowest BCUT2D eigenvalue weighted by molar-refractivity contribution is -0.124. The van der Waals surface area contributed by atoms with Crippen molar-refractivity contribution in [1.29, 1.82) is 0 Å². The van der Waals surface area contributed by atoms with Gasteiger partial charge in [0.2, 0.25) is 15.9 Å². The number of amides is 1. The van der Waals surface area contributed by atoms with Crippen molar-refractivity contribution in [3.63, 3.8) is 0 Å². The predicted octanol–water partition coefficient (Wildman–Crippen LogP) is 3.69. The van der Waals surface area contributed by atoms with Gasteiger partial charge in [0.05, 0.1) is 23.0 Å². The molecule has 7 atom stereocenters. The highest BCUT2D eigenvalue weighted by molar-refractivity contribution is 7.89. The zero-order valence-corrected chi connectivity index (χ0v) is 24.5. The quantitative estimate of drug-likeness (QED) is 0.420. The molecule has 1 aromatic heterocycles. The second-order valence-electron chi connectivity index (χ2n) is 11.6. The number of hydrogen-bond donors (Lipinski definition) is 3. The van der Waals surface area contributed by atoms with Gasteiger partial charge in [-0.25, -0.2) is 17.2 Å². The van der Waals surface area contributed by atoms with Gasteiger partial charge in [0, 0.05) is 43.3 Å². The second-order valence-corrected chi connectivity index (χ2v) is 14.1. The molecule has 4 N–H and O–H groups in total. The Kier molecular flexibility index (Phi) is 9.60. The second kappa shape index (κ2) is 13.0. The number of nitrogens with zero attached hydrogens (tertiary/aromatic N) is 2. The van der Waals surface area contributed by atoms with Crippen LogP contribution in [0, 0.1) is 17.6 Å². The molecule has 3 fully saturated rings. The Hall–Kier alpha value is -2.18. The van der Waals surface area contributed by atoms with Crippen molar-refractivity contribution in [2.75, 3.05) is 18.8 Å². The van der Waals surface area contributed by atoms with E-state index in [9.17, 15) is 22.0 Å². The molecule has 1 saturated carbocycles. The van der Waals surface area contributed by atoms with Crippen LogP contribution < -0.4 is 16.4 Å². The fourth-order valence-corrected chi connectivity index (χ4v) is 8.66. The molecule has 224 valence electrons. The molecular weight excluding hydrogens is 572 g/mol. The maximum absolute atomic E-state index is 14.4. The highest BCUT2D eigenvalue weighted by Crippen LogP contribution is 2.33. The number of benzene rings is 1. The van der Waals surface area contributed by atoms with Crippen LogP contribution in [-0.2, 0) is 14.8 Å². The summed E-state index contributed by atoms with van der Waals surface area (Å²) in [6.45, 7) is 1.16. The smallest absolute Gasteiger partial charge is 0.238 e. The van der Waals surface area contributed by atoms with Crippen LogP contribution in [0.5, 0.6) is 0 Å². The first kappa shape index (κ1) is 30.3. The number of carbonyl (C=O) groups is 1. The summed E-state index contributed by atoms with van der Waals surface area (Å²) in [6, 6.07) is 4.29. The van der Waals surface area contributed by atoms with Crippen molar-refractivity contribution in [2.24, 2.45) is 11.7 Å². The number of aromatic nitrogens is 1.